The Morgan fingerprint density at radius 2 is 1.95 bits per heavy atom. The second-order valence-electron chi connectivity index (χ2n) is 5.20. The molecule has 0 spiro atoms. The van der Waals surface area contributed by atoms with E-state index in [2.05, 4.69) is 36.1 Å². The van der Waals surface area contributed by atoms with Crippen molar-refractivity contribution in [1.29, 1.82) is 0 Å². The van der Waals surface area contributed by atoms with Crippen molar-refractivity contribution >= 4 is 5.69 Å². The molecule has 19 heavy (non-hydrogen) atoms. The average Bonchev–Trinajstić information content (AvgIpc) is 2.40. The number of hydrogen-bond donors (Lipinski definition) is 0. The highest BCUT2D eigenvalue weighted by Gasteiger charge is 2.26. The molecule has 0 aromatic heterocycles. The van der Waals surface area contributed by atoms with E-state index >= 15 is 0 Å². The van der Waals surface area contributed by atoms with Gasteiger partial charge in [0, 0.05) is 24.4 Å². The minimum Gasteiger partial charge on any atom is -0.345 e. The fraction of sp³-hybridized carbons (Fsp3) is 0.375. The predicted octanol–water partition coefficient (Wildman–Crippen LogP) is 4.27. The fourth-order valence-corrected chi connectivity index (χ4v) is 2.65. The number of allylic oxidation sites excluding steroid dienone is 1. The first-order valence-corrected chi connectivity index (χ1v) is 6.65. The molecular weight excluding hydrogens is 236 g/mol. The first kappa shape index (κ1) is 13.5. The van der Waals surface area contributed by atoms with Crippen molar-refractivity contribution < 1.29 is 0 Å². The summed E-state index contributed by atoms with van der Waals surface area (Å²) in [5, 5.41) is 3.26. The molecule has 0 radical (unpaired) electrons. The van der Waals surface area contributed by atoms with Crippen LogP contribution in [0.3, 0.4) is 0 Å². The molecule has 0 amide bonds. The van der Waals surface area contributed by atoms with Crippen molar-refractivity contribution in [1.82, 2.24) is 0 Å². The van der Waals surface area contributed by atoms with Crippen LogP contribution in [0.4, 0.5) is 5.69 Å². The molecule has 0 saturated carbocycles. The van der Waals surface area contributed by atoms with Crippen molar-refractivity contribution in [3.05, 3.63) is 58.7 Å². The normalized spacial score (nSPS) is 22.5. The van der Waals surface area contributed by atoms with E-state index in [1.807, 2.05) is 37.3 Å². The van der Waals surface area contributed by atoms with Crippen LogP contribution in [-0.4, -0.2) is 12.1 Å². The molecule has 0 fully saturated rings. The zero-order valence-electron chi connectivity index (χ0n) is 11.8. The highest BCUT2D eigenvalue weighted by atomic mass is 16.3. The Hall–Kier alpha value is -1.90. The van der Waals surface area contributed by atoms with Crippen LogP contribution in [-0.2, 0) is 0 Å². The topological polar surface area (TPSA) is 32.7 Å². The number of para-hydroxylation sites is 1. The summed E-state index contributed by atoms with van der Waals surface area (Å²) < 4.78 is 0. The lowest BCUT2D eigenvalue weighted by Crippen LogP contribution is -2.28. The fourth-order valence-electron chi connectivity index (χ4n) is 2.65. The number of nitroso groups, excluding NO2 is 1. The predicted molar refractivity (Wildman–Crippen MR) is 80.1 cm³/mol. The molecule has 1 atom stereocenters. The zero-order valence-corrected chi connectivity index (χ0v) is 11.8. The van der Waals surface area contributed by atoms with Crippen molar-refractivity contribution in [2.45, 2.75) is 32.7 Å². The van der Waals surface area contributed by atoms with Gasteiger partial charge in [0.15, 0.2) is 0 Å². The second-order valence-corrected chi connectivity index (χ2v) is 5.20. The van der Waals surface area contributed by atoms with E-state index in [1.165, 1.54) is 5.57 Å². The summed E-state index contributed by atoms with van der Waals surface area (Å²) >= 11 is 0. The second kappa shape index (κ2) is 5.39. The van der Waals surface area contributed by atoms with E-state index in [4.69, 9.17) is 0 Å². The van der Waals surface area contributed by atoms with E-state index in [9.17, 15) is 4.91 Å². The summed E-state index contributed by atoms with van der Waals surface area (Å²) in [4.78, 5) is 13.3. The molecule has 2 rings (SSSR count). The Labute approximate surface area is 114 Å². The Morgan fingerprint density at radius 3 is 2.53 bits per heavy atom. The highest BCUT2D eigenvalue weighted by molar-refractivity contribution is 5.54. The maximum Gasteiger partial charge on any atom is 0.138 e. The Balaban J connectivity index is 2.37. The third kappa shape index (κ3) is 2.92. The van der Waals surface area contributed by atoms with Gasteiger partial charge in [-0.2, -0.15) is 0 Å². The van der Waals surface area contributed by atoms with Crippen LogP contribution in [0.15, 0.2) is 58.9 Å². The molecule has 1 unspecified atom stereocenters. The molecule has 1 aromatic carbocycles. The van der Waals surface area contributed by atoms with Gasteiger partial charge in [-0.05, 0) is 39.0 Å². The molecule has 100 valence electrons. The van der Waals surface area contributed by atoms with Crippen LogP contribution in [0.1, 0.15) is 27.2 Å². The van der Waals surface area contributed by atoms with Gasteiger partial charge >= 0.3 is 0 Å². The van der Waals surface area contributed by atoms with Crippen LogP contribution in [0.5, 0.6) is 0 Å². The molecular formula is C16H20N2O. The first-order chi connectivity index (χ1) is 9.08. The third-order valence-electron chi connectivity index (χ3n) is 3.38. The molecule has 1 aliphatic carbocycles. The van der Waals surface area contributed by atoms with Crippen LogP contribution in [0.25, 0.3) is 0 Å². The molecule has 0 N–H and O–H groups in total. The highest BCUT2D eigenvalue weighted by Crippen LogP contribution is 2.32. The standard InChI is InChI=1S/C16H20N2O/c1-4-18(14-8-6-5-7-9-14)15-10-13(2)11-16(3,12-15)17-19/h5-9,11-12H,4,10H2,1-3H3. The lowest BCUT2D eigenvalue weighted by atomic mass is 9.90. The molecule has 3 heteroatoms. The Kier molecular flexibility index (Phi) is 3.84. The zero-order chi connectivity index (χ0) is 13.9. The van der Waals surface area contributed by atoms with Gasteiger partial charge in [0.05, 0.1) is 0 Å². The third-order valence-corrected chi connectivity index (χ3v) is 3.38. The first-order valence-electron chi connectivity index (χ1n) is 6.65. The molecule has 0 bridgehead atoms. The van der Waals surface area contributed by atoms with E-state index in [-0.39, 0.29) is 0 Å². The van der Waals surface area contributed by atoms with E-state index in [0.717, 1.165) is 24.4 Å². The maximum atomic E-state index is 11.1. The van der Waals surface area contributed by atoms with Gasteiger partial charge in [-0.3, -0.25) is 0 Å². The van der Waals surface area contributed by atoms with Crippen molar-refractivity contribution in [2.75, 3.05) is 11.4 Å². The van der Waals surface area contributed by atoms with Gasteiger partial charge in [-0.15, -0.1) is 4.91 Å². The van der Waals surface area contributed by atoms with E-state index in [1.54, 1.807) is 0 Å². The molecule has 3 nitrogen and oxygen atoms in total. The summed E-state index contributed by atoms with van der Waals surface area (Å²) in [6.45, 7) is 6.89. The minimum atomic E-state index is -0.722. The van der Waals surface area contributed by atoms with Gasteiger partial charge in [-0.1, -0.05) is 35.0 Å². The van der Waals surface area contributed by atoms with Crippen LogP contribution in [0, 0.1) is 4.91 Å². The monoisotopic (exact) mass is 256 g/mol. The van der Waals surface area contributed by atoms with Crippen LogP contribution < -0.4 is 4.90 Å². The maximum absolute atomic E-state index is 11.1. The van der Waals surface area contributed by atoms with Crippen LogP contribution >= 0.6 is 0 Å². The molecule has 0 saturated heterocycles. The summed E-state index contributed by atoms with van der Waals surface area (Å²) in [5.41, 5.74) is 2.77. The number of rotatable bonds is 4. The summed E-state index contributed by atoms with van der Waals surface area (Å²) in [6, 6.07) is 10.2. The van der Waals surface area contributed by atoms with Gasteiger partial charge in [0.25, 0.3) is 0 Å². The van der Waals surface area contributed by atoms with Gasteiger partial charge in [0.2, 0.25) is 0 Å². The van der Waals surface area contributed by atoms with Crippen molar-refractivity contribution in [3.8, 4) is 0 Å². The minimum absolute atomic E-state index is 0.722. The number of benzene rings is 1. The molecule has 0 aliphatic heterocycles. The molecule has 1 aliphatic rings. The number of hydrogen-bond acceptors (Lipinski definition) is 3. The van der Waals surface area contributed by atoms with Gasteiger partial charge < -0.3 is 4.90 Å². The van der Waals surface area contributed by atoms with E-state index < -0.39 is 5.54 Å². The van der Waals surface area contributed by atoms with Gasteiger partial charge in [-0.25, -0.2) is 0 Å². The lowest BCUT2D eigenvalue weighted by Gasteiger charge is -2.31. The summed E-state index contributed by atoms with van der Waals surface area (Å²) in [5.74, 6) is 0. The summed E-state index contributed by atoms with van der Waals surface area (Å²) in [6.07, 6.45) is 4.79. The van der Waals surface area contributed by atoms with Gasteiger partial charge in [0.1, 0.15) is 5.54 Å². The van der Waals surface area contributed by atoms with E-state index in [0.29, 0.717) is 0 Å². The number of nitrogens with zero attached hydrogens (tertiary/aromatic N) is 2. The lowest BCUT2D eigenvalue weighted by molar-refractivity contribution is 0.684. The Morgan fingerprint density at radius 1 is 1.26 bits per heavy atom. The average molecular weight is 256 g/mol. The SMILES string of the molecule is CCN(C1=CC(C)(N=O)C=C(C)C1)c1ccccc1. The Bertz CT molecular complexity index is 519. The molecule has 0 heterocycles. The molecule has 1 aromatic rings. The van der Waals surface area contributed by atoms with Crippen LogP contribution in [0.2, 0.25) is 0 Å². The quantitative estimate of drug-likeness (QED) is 0.595. The summed E-state index contributed by atoms with van der Waals surface area (Å²) in [7, 11) is 0. The van der Waals surface area contributed by atoms with Crippen molar-refractivity contribution in [3.63, 3.8) is 0 Å². The van der Waals surface area contributed by atoms with Crippen molar-refractivity contribution in [2.24, 2.45) is 5.18 Å². The largest absolute Gasteiger partial charge is 0.345 e. The number of anilines is 1. The smallest absolute Gasteiger partial charge is 0.138 e.